The van der Waals surface area contributed by atoms with Crippen LogP contribution in [0.3, 0.4) is 0 Å². The molecule has 25 heavy (non-hydrogen) atoms. The lowest BCUT2D eigenvalue weighted by Crippen LogP contribution is -2.42. The molecular formula is C17H16ClNO5S. The fourth-order valence-electron chi connectivity index (χ4n) is 2.34. The molecule has 0 aromatic heterocycles. The summed E-state index contributed by atoms with van der Waals surface area (Å²) in [5.74, 6) is 0.00768. The molecule has 0 spiro atoms. The van der Waals surface area contributed by atoms with Crippen molar-refractivity contribution >= 4 is 27.3 Å². The molecule has 0 saturated heterocycles. The van der Waals surface area contributed by atoms with Crippen molar-refractivity contribution in [1.29, 1.82) is 0 Å². The zero-order chi connectivity index (χ0) is 17.9. The van der Waals surface area contributed by atoms with Gasteiger partial charge in [-0.1, -0.05) is 23.7 Å². The lowest BCUT2D eigenvalue weighted by Gasteiger charge is -2.26. The fraction of sp³-hybridized carbons (Fsp3) is 0.235. The van der Waals surface area contributed by atoms with Crippen LogP contribution in [0.1, 0.15) is 0 Å². The van der Waals surface area contributed by atoms with E-state index < -0.39 is 21.5 Å². The third-order valence-electron chi connectivity index (χ3n) is 3.59. The molecule has 1 aliphatic heterocycles. The van der Waals surface area contributed by atoms with E-state index in [0.29, 0.717) is 16.5 Å². The second-order valence-corrected chi connectivity index (χ2v) is 7.94. The van der Waals surface area contributed by atoms with Crippen molar-refractivity contribution in [2.45, 2.75) is 11.0 Å². The topological polar surface area (TPSA) is 81.7 Å². The molecule has 0 fully saturated rings. The van der Waals surface area contributed by atoms with Gasteiger partial charge >= 0.3 is 0 Å². The van der Waals surface area contributed by atoms with Crippen molar-refractivity contribution in [3.8, 4) is 11.5 Å². The van der Waals surface area contributed by atoms with Crippen molar-refractivity contribution in [2.75, 3.05) is 18.9 Å². The molecule has 132 valence electrons. The Morgan fingerprint density at radius 2 is 1.80 bits per heavy atom. The van der Waals surface area contributed by atoms with E-state index in [1.165, 1.54) is 24.3 Å². The molecule has 2 aromatic rings. The first-order chi connectivity index (χ1) is 11.9. The molecule has 0 saturated carbocycles. The number of benzene rings is 2. The molecule has 3 rings (SSSR count). The molecule has 6 nitrogen and oxygen atoms in total. The van der Waals surface area contributed by atoms with Crippen LogP contribution in [0.5, 0.6) is 11.5 Å². The Hall–Kier alpha value is -2.25. The van der Waals surface area contributed by atoms with Gasteiger partial charge in [0, 0.05) is 5.02 Å². The third kappa shape index (κ3) is 4.43. The fourth-order valence-corrected chi connectivity index (χ4v) is 3.63. The van der Waals surface area contributed by atoms with Gasteiger partial charge in [0.2, 0.25) is 5.91 Å². The Kier molecular flexibility index (Phi) is 5.15. The monoisotopic (exact) mass is 381 g/mol. The molecule has 0 aliphatic carbocycles. The summed E-state index contributed by atoms with van der Waals surface area (Å²) in [5.41, 5.74) is 0. The number of para-hydroxylation sites is 2. The van der Waals surface area contributed by atoms with Gasteiger partial charge < -0.3 is 14.8 Å². The van der Waals surface area contributed by atoms with E-state index in [1.54, 1.807) is 12.1 Å². The lowest BCUT2D eigenvalue weighted by atomic mass is 10.2. The van der Waals surface area contributed by atoms with Gasteiger partial charge in [0.25, 0.3) is 0 Å². The smallest absolute Gasteiger partial charge is 0.235 e. The van der Waals surface area contributed by atoms with Crippen LogP contribution in [0.25, 0.3) is 0 Å². The first kappa shape index (κ1) is 17.6. The van der Waals surface area contributed by atoms with E-state index in [1.807, 2.05) is 12.1 Å². The van der Waals surface area contributed by atoms with Crippen LogP contribution in [0.4, 0.5) is 0 Å². The highest BCUT2D eigenvalue weighted by molar-refractivity contribution is 7.92. The molecule has 1 atom stereocenters. The summed E-state index contributed by atoms with van der Waals surface area (Å²) < 4.78 is 35.7. The molecule has 1 heterocycles. The zero-order valence-corrected chi connectivity index (χ0v) is 14.7. The highest BCUT2D eigenvalue weighted by Gasteiger charge is 2.23. The standard InChI is InChI=1S/C17H16ClNO5S/c18-12-5-7-14(8-6-12)25(21,22)11-17(20)19-9-13-10-23-15-3-1-2-4-16(15)24-13/h1-8,13H,9-11H2,(H,19,20). The molecule has 2 aromatic carbocycles. The Morgan fingerprint density at radius 3 is 2.52 bits per heavy atom. The van der Waals surface area contributed by atoms with Crippen molar-refractivity contribution < 1.29 is 22.7 Å². The summed E-state index contributed by atoms with van der Waals surface area (Å²) in [4.78, 5) is 12.0. The maximum atomic E-state index is 12.2. The van der Waals surface area contributed by atoms with Crippen LogP contribution in [-0.2, 0) is 14.6 Å². The zero-order valence-electron chi connectivity index (χ0n) is 13.1. The number of hydrogen-bond acceptors (Lipinski definition) is 5. The van der Waals surface area contributed by atoms with Crippen LogP contribution in [0.15, 0.2) is 53.4 Å². The maximum Gasteiger partial charge on any atom is 0.235 e. The molecule has 1 unspecified atom stereocenters. The number of hydrogen-bond donors (Lipinski definition) is 1. The van der Waals surface area contributed by atoms with Crippen LogP contribution in [0.2, 0.25) is 5.02 Å². The number of ether oxygens (including phenoxy) is 2. The number of sulfone groups is 1. The highest BCUT2D eigenvalue weighted by atomic mass is 35.5. The molecule has 1 aliphatic rings. The van der Waals surface area contributed by atoms with Gasteiger partial charge in [-0.05, 0) is 36.4 Å². The minimum Gasteiger partial charge on any atom is -0.486 e. The second-order valence-electron chi connectivity index (χ2n) is 5.51. The Balaban J connectivity index is 1.54. The Morgan fingerprint density at radius 1 is 1.12 bits per heavy atom. The Labute approximate surface area is 150 Å². The van der Waals surface area contributed by atoms with Gasteiger partial charge in [-0.3, -0.25) is 4.79 Å². The average molecular weight is 382 g/mol. The predicted octanol–water partition coefficient (Wildman–Crippen LogP) is 2.07. The number of nitrogens with one attached hydrogen (secondary N) is 1. The quantitative estimate of drug-likeness (QED) is 0.857. The van der Waals surface area contributed by atoms with Gasteiger partial charge in [-0.2, -0.15) is 0 Å². The summed E-state index contributed by atoms with van der Waals surface area (Å²) in [6, 6.07) is 12.9. The summed E-state index contributed by atoms with van der Waals surface area (Å²) in [7, 11) is -3.72. The van der Waals surface area contributed by atoms with Gasteiger partial charge in [0.15, 0.2) is 21.3 Å². The van der Waals surface area contributed by atoms with E-state index in [-0.39, 0.29) is 24.2 Å². The number of fused-ring (bicyclic) bond motifs is 1. The van der Waals surface area contributed by atoms with Crippen molar-refractivity contribution in [3.63, 3.8) is 0 Å². The maximum absolute atomic E-state index is 12.2. The van der Waals surface area contributed by atoms with Gasteiger partial charge in [-0.15, -0.1) is 0 Å². The van der Waals surface area contributed by atoms with Crippen LogP contribution in [-0.4, -0.2) is 39.3 Å². The number of carbonyl (C=O) groups excluding carboxylic acids is 1. The molecule has 1 amide bonds. The van der Waals surface area contributed by atoms with Crippen molar-refractivity contribution in [1.82, 2.24) is 5.32 Å². The van der Waals surface area contributed by atoms with Gasteiger partial charge in [0.1, 0.15) is 18.5 Å². The van der Waals surface area contributed by atoms with E-state index in [4.69, 9.17) is 21.1 Å². The minimum atomic E-state index is -3.72. The van der Waals surface area contributed by atoms with Crippen molar-refractivity contribution in [2.24, 2.45) is 0 Å². The summed E-state index contributed by atoms with van der Waals surface area (Å²) >= 11 is 5.74. The van der Waals surface area contributed by atoms with Gasteiger partial charge in [-0.25, -0.2) is 8.42 Å². The predicted molar refractivity (Wildman–Crippen MR) is 92.9 cm³/mol. The second kappa shape index (κ2) is 7.33. The normalized spacial score (nSPS) is 16.3. The van der Waals surface area contributed by atoms with E-state index in [2.05, 4.69) is 5.32 Å². The number of rotatable bonds is 5. The molecule has 8 heteroatoms. The molecule has 0 radical (unpaired) electrons. The molecule has 0 bridgehead atoms. The van der Waals surface area contributed by atoms with Crippen LogP contribution >= 0.6 is 11.6 Å². The Bertz CT molecular complexity index is 867. The largest absolute Gasteiger partial charge is 0.486 e. The number of amides is 1. The van der Waals surface area contributed by atoms with Crippen LogP contribution < -0.4 is 14.8 Å². The van der Waals surface area contributed by atoms with Crippen molar-refractivity contribution in [3.05, 3.63) is 53.6 Å². The number of carbonyl (C=O) groups is 1. The highest BCUT2D eigenvalue weighted by Crippen LogP contribution is 2.30. The summed E-state index contributed by atoms with van der Waals surface area (Å²) in [6.07, 6.45) is -0.378. The van der Waals surface area contributed by atoms with Gasteiger partial charge in [0.05, 0.1) is 11.4 Å². The summed E-state index contributed by atoms with van der Waals surface area (Å²) in [5, 5.41) is 3.00. The van der Waals surface area contributed by atoms with Crippen LogP contribution in [0, 0.1) is 0 Å². The molecular weight excluding hydrogens is 366 g/mol. The molecule has 1 N–H and O–H groups in total. The average Bonchev–Trinajstić information content (AvgIpc) is 2.60. The van der Waals surface area contributed by atoms with E-state index in [0.717, 1.165) is 0 Å². The lowest BCUT2D eigenvalue weighted by molar-refractivity contribution is -0.119. The first-order valence-corrected chi connectivity index (χ1v) is 9.60. The summed E-state index contributed by atoms with van der Waals surface area (Å²) in [6.45, 7) is 0.435. The van der Waals surface area contributed by atoms with E-state index >= 15 is 0 Å². The first-order valence-electron chi connectivity index (χ1n) is 7.57. The number of halogens is 1. The SMILES string of the molecule is O=C(CS(=O)(=O)c1ccc(Cl)cc1)NCC1COc2ccccc2O1. The minimum absolute atomic E-state index is 0.0539. The third-order valence-corrected chi connectivity index (χ3v) is 5.47. The van der Waals surface area contributed by atoms with E-state index in [9.17, 15) is 13.2 Å².